The summed E-state index contributed by atoms with van der Waals surface area (Å²) in [5, 5.41) is 8.23. The van der Waals surface area contributed by atoms with E-state index in [0.29, 0.717) is 6.54 Å². The number of fused-ring (bicyclic) bond motifs is 3. The number of amides is 2. The molecule has 0 radical (unpaired) electrons. The van der Waals surface area contributed by atoms with Crippen molar-refractivity contribution in [2.75, 3.05) is 12.4 Å². The summed E-state index contributed by atoms with van der Waals surface area (Å²) in [6, 6.07) is 27.8. The Labute approximate surface area is 234 Å². The fourth-order valence-corrected chi connectivity index (χ4v) is 5.50. The maximum atomic E-state index is 14.2. The van der Waals surface area contributed by atoms with Gasteiger partial charge in [-0.3, -0.25) is 0 Å². The molecule has 1 N–H and O–H groups in total. The molecule has 7 nitrogen and oxygen atoms in total. The van der Waals surface area contributed by atoms with Gasteiger partial charge in [-0.2, -0.15) is 5.10 Å². The Hall–Kier alpha value is -4.78. The molecule has 6 rings (SSSR count). The third kappa shape index (κ3) is 4.43. The van der Waals surface area contributed by atoms with Crippen molar-refractivity contribution in [1.82, 2.24) is 19.2 Å². The van der Waals surface area contributed by atoms with E-state index in [1.165, 1.54) is 5.56 Å². The molecule has 2 aromatic heterocycles. The highest BCUT2D eigenvalue weighted by atomic mass is 16.5. The Bertz CT molecular complexity index is 1670. The molecular weight excluding hydrogens is 498 g/mol. The van der Waals surface area contributed by atoms with Crippen LogP contribution in [0.3, 0.4) is 0 Å². The predicted octanol–water partition coefficient (Wildman–Crippen LogP) is 6.99. The van der Waals surface area contributed by atoms with Crippen molar-refractivity contribution < 1.29 is 9.53 Å². The van der Waals surface area contributed by atoms with Gasteiger partial charge < -0.3 is 19.5 Å². The second-order valence-corrected chi connectivity index (χ2v) is 10.2. The molecule has 3 heterocycles. The molecule has 0 spiro atoms. The quantitative estimate of drug-likeness (QED) is 0.266. The Kier molecular flexibility index (Phi) is 6.64. The highest BCUT2D eigenvalue weighted by Crippen LogP contribution is 2.39. The Morgan fingerprint density at radius 3 is 2.45 bits per heavy atom. The number of aromatic nitrogens is 3. The van der Waals surface area contributed by atoms with Gasteiger partial charge in [0.25, 0.3) is 0 Å². The van der Waals surface area contributed by atoms with Crippen LogP contribution in [0.15, 0.2) is 91.1 Å². The smallest absolute Gasteiger partial charge is 0.322 e. The lowest BCUT2D eigenvalue weighted by Crippen LogP contribution is -2.38. The first-order valence-electron chi connectivity index (χ1n) is 13.6. The van der Waals surface area contributed by atoms with E-state index in [9.17, 15) is 4.79 Å². The zero-order valence-electron chi connectivity index (χ0n) is 23.3. The van der Waals surface area contributed by atoms with Crippen LogP contribution in [0.2, 0.25) is 0 Å². The molecule has 1 aliphatic rings. The van der Waals surface area contributed by atoms with Gasteiger partial charge in [0.15, 0.2) is 0 Å². The number of hydrogen-bond acceptors (Lipinski definition) is 3. The second kappa shape index (κ2) is 10.4. The topological polar surface area (TPSA) is 64.3 Å². The number of methoxy groups -OCH3 is 1. The van der Waals surface area contributed by atoms with E-state index in [1.807, 2.05) is 76.3 Å². The van der Waals surface area contributed by atoms with E-state index in [1.54, 1.807) is 7.11 Å². The molecule has 1 aliphatic heterocycles. The molecule has 0 unspecified atom stereocenters. The number of nitrogens with zero attached hydrogens (tertiary/aromatic N) is 4. The van der Waals surface area contributed by atoms with E-state index >= 15 is 0 Å². The molecule has 5 aromatic rings. The average molecular weight is 532 g/mol. The molecule has 0 saturated heterocycles. The number of rotatable bonds is 5. The van der Waals surface area contributed by atoms with Crippen molar-refractivity contribution in [1.29, 1.82) is 0 Å². The molecule has 2 amide bonds. The number of ether oxygens (including phenoxy) is 1. The van der Waals surface area contributed by atoms with Crippen LogP contribution in [0.25, 0.3) is 11.5 Å². The van der Waals surface area contributed by atoms with Crippen molar-refractivity contribution in [3.63, 3.8) is 0 Å². The summed E-state index contributed by atoms with van der Waals surface area (Å²) < 4.78 is 9.63. The molecule has 0 bridgehead atoms. The number of carbonyl (C=O) groups is 1. The van der Waals surface area contributed by atoms with E-state index in [4.69, 9.17) is 9.84 Å². The fourth-order valence-electron chi connectivity index (χ4n) is 5.50. The van der Waals surface area contributed by atoms with Gasteiger partial charge in [-0.1, -0.05) is 43.3 Å². The SMILES string of the molecule is CCc1nn(-c2ccccc2)c2c1CN(C(=O)Nc1ccc(C)c(C)c1)[C@@H](c1ccc(OC)cc1)c1cccn1-2. The standard InChI is InChI=1S/C33H33N5O2/c1-5-29-28-21-37(33(39)34-25-16-13-22(2)23(3)20-25)31(24-14-17-27(40-4)18-15-24)30-12-9-19-36(30)32(28)38(35-29)26-10-7-6-8-11-26/h6-20,31H,5,21H2,1-4H3,(H,34,39)/t31-/m0/s1. The van der Waals surface area contributed by atoms with E-state index in [-0.39, 0.29) is 12.1 Å². The van der Waals surface area contributed by atoms with Crippen LogP contribution in [-0.4, -0.2) is 32.4 Å². The number of carbonyl (C=O) groups excluding carboxylic acids is 1. The third-order valence-electron chi connectivity index (χ3n) is 7.75. The molecular formula is C33H33N5O2. The number of para-hydroxylation sites is 1. The Morgan fingerprint density at radius 1 is 0.975 bits per heavy atom. The molecule has 0 aliphatic carbocycles. The van der Waals surface area contributed by atoms with Crippen molar-refractivity contribution in [3.8, 4) is 17.3 Å². The van der Waals surface area contributed by atoms with Gasteiger partial charge in [0, 0.05) is 17.4 Å². The monoisotopic (exact) mass is 531 g/mol. The van der Waals surface area contributed by atoms with Gasteiger partial charge in [-0.25, -0.2) is 9.48 Å². The van der Waals surface area contributed by atoms with Gasteiger partial charge >= 0.3 is 6.03 Å². The van der Waals surface area contributed by atoms with Crippen molar-refractivity contribution >= 4 is 11.7 Å². The minimum absolute atomic E-state index is 0.167. The van der Waals surface area contributed by atoms with Crippen LogP contribution in [0, 0.1) is 13.8 Å². The van der Waals surface area contributed by atoms with Crippen LogP contribution >= 0.6 is 0 Å². The van der Waals surface area contributed by atoms with Gasteiger partial charge in [-0.05, 0) is 85.5 Å². The summed E-state index contributed by atoms with van der Waals surface area (Å²) >= 11 is 0. The zero-order valence-corrected chi connectivity index (χ0v) is 23.3. The highest BCUT2D eigenvalue weighted by molar-refractivity contribution is 5.90. The summed E-state index contributed by atoms with van der Waals surface area (Å²) in [5.41, 5.74) is 8.07. The molecule has 40 heavy (non-hydrogen) atoms. The molecule has 0 fully saturated rings. The third-order valence-corrected chi connectivity index (χ3v) is 7.75. The van der Waals surface area contributed by atoms with Gasteiger partial charge in [0.2, 0.25) is 0 Å². The van der Waals surface area contributed by atoms with Gasteiger partial charge in [0.1, 0.15) is 11.6 Å². The minimum atomic E-state index is -0.339. The molecule has 3 aromatic carbocycles. The van der Waals surface area contributed by atoms with Crippen LogP contribution in [-0.2, 0) is 13.0 Å². The number of hydrogen-bond donors (Lipinski definition) is 1. The van der Waals surface area contributed by atoms with Crippen LogP contribution in [0.5, 0.6) is 5.75 Å². The van der Waals surface area contributed by atoms with Gasteiger partial charge in [-0.15, -0.1) is 0 Å². The maximum absolute atomic E-state index is 14.2. The van der Waals surface area contributed by atoms with E-state index in [2.05, 4.69) is 55.1 Å². The second-order valence-electron chi connectivity index (χ2n) is 10.2. The van der Waals surface area contributed by atoms with Crippen LogP contribution < -0.4 is 10.1 Å². The molecule has 1 atom stereocenters. The predicted molar refractivity (Wildman–Crippen MR) is 158 cm³/mol. The summed E-state index contributed by atoms with van der Waals surface area (Å²) in [4.78, 5) is 16.1. The highest BCUT2D eigenvalue weighted by Gasteiger charge is 2.36. The summed E-state index contributed by atoms with van der Waals surface area (Å²) in [6.45, 7) is 6.64. The van der Waals surface area contributed by atoms with Crippen LogP contribution in [0.1, 0.15) is 46.6 Å². The summed E-state index contributed by atoms with van der Waals surface area (Å²) in [7, 11) is 1.66. The number of nitrogens with one attached hydrogen (secondary N) is 1. The molecule has 0 saturated carbocycles. The lowest BCUT2D eigenvalue weighted by Gasteiger charge is -2.31. The first kappa shape index (κ1) is 25.5. The molecule has 202 valence electrons. The number of aryl methyl sites for hydroxylation is 3. The van der Waals surface area contributed by atoms with E-state index < -0.39 is 0 Å². The average Bonchev–Trinajstić information content (AvgIpc) is 3.56. The zero-order chi connectivity index (χ0) is 27.8. The minimum Gasteiger partial charge on any atom is -0.497 e. The van der Waals surface area contributed by atoms with E-state index in [0.717, 1.165) is 57.4 Å². The molecule has 7 heteroatoms. The summed E-state index contributed by atoms with van der Waals surface area (Å²) in [6.07, 6.45) is 2.81. The summed E-state index contributed by atoms with van der Waals surface area (Å²) in [5.74, 6) is 1.73. The number of urea groups is 1. The van der Waals surface area contributed by atoms with Gasteiger partial charge in [0.05, 0.1) is 36.8 Å². The first-order valence-corrected chi connectivity index (χ1v) is 13.6. The maximum Gasteiger partial charge on any atom is 0.322 e. The first-order chi connectivity index (χ1) is 19.5. The number of anilines is 1. The lowest BCUT2D eigenvalue weighted by atomic mass is 10.0. The van der Waals surface area contributed by atoms with Crippen molar-refractivity contribution in [3.05, 3.63) is 125 Å². The fraction of sp³-hybridized carbons (Fsp3) is 0.212. The van der Waals surface area contributed by atoms with Crippen molar-refractivity contribution in [2.45, 2.75) is 39.8 Å². The largest absolute Gasteiger partial charge is 0.497 e. The Balaban J connectivity index is 1.53. The van der Waals surface area contributed by atoms with Crippen LogP contribution in [0.4, 0.5) is 10.5 Å². The Morgan fingerprint density at radius 2 is 1.75 bits per heavy atom. The lowest BCUT2D eigenvalue weighted by molar-refractivity contribution is 0.194. The normalized spacial score (nSPS) is 14.3. The number of benzene rings is 3. The van der Waals surface area contributed by atoms with Crippen molar-refractivity contribution in [2.24, 2.45) is 0 Å².